The van der Waals surface area contributed by atoms with Gasteiger partial charge < -0.3 is 0 Å². The molecule has 0 spiro atoms. The van der Waals surface area contributed by atoms with Gasteiger partial charge in [-0.2, -0.15) is 0 Å². The van der Waals surface area contributed by atoms with Crippen molar-refractivity contribution in [2.45, 2.75) is 12.8 Å². The predicted octanol–water partition coefficient (Wildman–Crippen LogP) is 9.16. The molecule has 6 aromatic carbocycles. The molecule has 0 atom stereocenters. The number of pyridine rings is 1. The van der Waals surface area contributed by atoms with Gasteiger partial charge in [0.25, 0.3) is 0 Å². The van der Waals surface area contributed by atoms with Gasteiger partial charge in [-0.3, -0.25) is 4.98 Å². The van der Waals surface area contributed by atoms with Gasteiger partial charge >= 0.3 is 0 Å². The van der Waals surface area contributed by atoms with Crippen LogP contribution in [0.5, 0.6) is 0 Å². The van der Waals surface area contributed by atoms with Gasteiger partial charge in [-0.05, 0) is 108 Å². The summed E-state index contributed by atoms with van der Waals surface area (Å²) in [4.78, 5) is 4.22. The van der Waals surface area contributed by atoms with Crippen molar-refractivity contribution in [3.63, 3.8) is 0 Å². The molecule has 0 unspecified atom stereocenters. The van der Waals surface area contributed by atoms with Crippen LogP contribution in [0.4, 0.5) is 0 Å². The lowest BCUT2D eigenvalue weighted by molar-refractivity contribution is 1.08. The zero-order chi connectivity index (χ0) is 27.9. The van der Waals surface area contributed by atoms with Crippen molar-refractivity contribution < 1.29 is 0 Å². The van der Waals surface area contributed by atoms with Crippen LogP contribution in [0.3, 0.4) is 0 Å². The highest BCUT2D eigenvalue weighted by Gasteiger charge is 2.20. The molecule has 7 aromatic rings. The van der Waals surface area contributed by atoms with E-state index in [2.05, 4.69) is 145 Å². The molecule has 0 saturated heterocycles. The van der Waals surface area contributed by atoms with Gasteiger partial charge in [0.2, 0.25) is 0 Å². The molecule has 1 aliphatic rings. The van der Waals surface area contributed by atoms with Crippen molar-refractivity contribution >= 4 is 33.2 Å². The number of fused-ring (bicyclic) bond motifs is 3. The van der Waals surface area contributed by atoms with Crippen molar-refractivity contribution in [1.29, 1.82) is 0 Å². The quantitative estimate of drug-likeness (QED) is 0.205. The van der Waals surface area contributed by atoms with E-state index < -0.39 is 0 Å². The fourth-order valence-electron chi connectivity index (χ4n) is 6.84. The predicted molar refractivity (Wildman–Crippen MR) is 177 cm³/mol. The summed E-state index contributed by atoms with van der Waals surface area (Å²) < 4.78 is 0. The number of rotatable bonds is 4. The highest BCUT2D eigenvalue weighted by Crippen LogP contribution is 2.43. The monoisotopic (exact) mass is 535 g/mol. The lowest BCUT2D eigenvalue weighted by Crippen LogP contribution is -2.31. The molecule has 1 heterocycles. The van der Waals surface area contributed by atoms with Crippen LogP contribution >= 0.6 is 0 Å². The molecule has 0 bridgehead atoms. The Morgan fingerprint density at radius 3 is 1.76 bits per heavy atom. The number of hydrogen-bond acceptors (Lipinski definition) is 1. The minimum Gasteiger partial charge on any atom is -0.265 e. The molecular weight excluding hydrogens is 506 g/mol. The van der Waals surface area contributed by atoms with Crippen LogP contribution in [0, 0.1) is 0 Å². The second kappa shape index (κ2) is 10.3. The molecule has 8 rings (SSSR count). The fraction of sp³-hybridized carbons (Fsp3) is 0.0488. The molecule has 0 amide bonds. The number of benzene rings is 6. The molecule has 0 aliphatic heterocycles. The Kier molecular flexibility index (Phi) is 6.00. The molecule has 42 heavy (non-hydrogen) atoms. The molecular formula is C41H29N. The van der Waals surface area contributed by atoms with Gasteiger partial charge in [-0.25, -0.2) is 0 Å². The number of nitrogens with zero attached hydrogens (tertiary/aromatic N) is 1. The maximum atomic E-state index is 4.22. The van der Waals surface area contributed by atoms with Crippen LogP contribution in [-0.4, -0.2) is 4.98 Å². The lowest BCUT2D eigenvalue weighted by atomic mass is 9.82. The van der Waals surface area contributed by atoms with Gasteiger partial charge in [0.05, 0.1) is 0 Å². The largest absolute Gasteiger partial charge is 0.265 e. The van der Waals surface area contributed by atoms with Gasteiger partial charge in [0.1, 0.15) is 0 Å². The summed E-state index contributed by atoms with van der Waals surface area (Å²) in [5.74, 6) is 0. The zero-order valence-electron chi connectivity index (χ0n) is 23.3. The Bertz CT molecular complexity index is 2170. The third kappa shape index (κ3) is 4.05. The van der Waals surface area contributed by atoms with Crippen molar-refractivity contribution in [2.75, 3.05) is 0 Å². The van der Waals surface area contributed by atoms with E-state index in [1.54, 1.807) is 0 Å². The molecule has 1 aromatic heterocycles. The summed E-state index contributed by atoms with van der Waals surface area (Å²) in [6, 6.07) is 48.7. The average Bonchev–Trinajstić information content (AvgIpc) is 3.07. The van der Waals surface area contributed by atoms with E-state index in [9.17, 15) is 0 Å². The SMILES string of the molecule is C1=c2c(-c3ccccc3)cccc2=C(c2c3ccccc3c(-c3cccc(-c4ccncc4)c3)c3ccccc23)CC1. The van der Waals surface area contributed by atoms with E-state index in [1.165, 1.54) is 76.5 Å². The molecule has 1 aliphatic carbocycles. The Balaban J connectivity index is 1.45. The number of aromatic nitrogens is 1. The second-order valence-corrected chi connectivity index (χ2v) is 11.0. The second-order valence-electron chi connectivity index (χ2n) is 11.0. The van der Waals surface area contributed by atoms with Crippen LogP contribution in [0.25, 0.3) is 66.6 Å². The van der Waals surface area contributed by atoms with Crippen LogP contribution in [0.2, 0.25) is 0 Å². The molecule has 1 heteroatoms. The third-order valence-corrected chi connectivity index (χ3v) is 8.66. The Morgan fingerprint density at radius 2 is 1.05 bits per heavy atom. The van der Waals surface area contributed by atoms with Crippen molar-refractivity contribution in [3.8, 4) is 33.4 Å². The van der Waals surface area contributed by atoms with Crippen molar-refractivity contribution in [1.82, 2.24) is 4.98 Å². The fourth-order valence-corrected chi connectivity index (χ4v) is 6.84. The van der Waals surface area contributed by atoms with Crippen LogP contribution in [0.15, 0.2) is 146 Å². The van der Waals surface area contributed by atoms with E-state index in [4.69, 9.17) is 0 Å². The summed E-state index contributed by atoms with van der Waals surface area (Å²) in [6.45, 7) is 0. The smallest absolute Gasteiger partial charge is 0.0273 e. The van der Waals surface area contributed by atoms with E-state index in [0.717, 1.165) is 12.8 Å². The summed E-state index contributed by atoms with van der Waals surface area (Å²) in [5, 5.41) is 7.92. The molecule has 0 saturated carbocycles. The normalized spacial score (nSPS) is 12.7. The maximum absolute atomic E-state index is 4.22. The van der Waals surface area contributed by atoms with Crippen LogP contribution in [0.1, 0.15) is 18.4 Å². The first-order valence-electron chi connectivity index (χ1n) is 14.7. The van der Waals surface area contributed by atoms with E-state index >= 15 is 0 Å². The van der Waals surface area contributed by atoms with Crippen molar-refractivity contribution in [2.24, 2.45) is 0 Å². The first-order valence-corrected chi connectivity index (χ1v) is 14.7. The summed E-state index contributed by atoms with van der Waals surface area (Å²) in [7, 11) is 0. The van der Waals surface area contributed by atoms with Crippen molar-refractivity contribution in [3.05, 3.63) is 162 Å². The minimum atomic E-state index is 1.02. The minimum absolute atomic E-state index is 1.02. The first-order chi connectivity index (χ1) is 20.9. The summed E-state index contributed by atoms with van der Waals surface area (Å²) >= 11 is 0. The van der Waals surface area contributed by atoms with E-state index in [-0.39, 0.29) is 0 Å². The molecule has 198 valence electrons. The van der Waals surface area contributed by atoms with E-state index in [1.807, 2.05) is 12.4 Å². The van der Waals surface area contributed by atoms with Gasteiger partial charge in [-0.15, -0.1) is 0 Å². The molecule has 1 nitrogen and oxygen atoms in total. The van der Waals surface area contributed by atoms with Gasteiger partial charge in [0, 0.05) is 12.4 Å². The molecule has 0 fully saturated rings. The molecule has 0 radical (unpaired) electrons. The topological polar surface area (TPSA) is 12.9 Å². The molecule has 0 N–H and O–H groups in total. The average molecular weight is 536 g/mol. The summed E-state index contributed by atoms with van der Waals surface area (Å²) in [6.07, 6.45) is 8.22. The summed E-state index contributed by atoms with van der Waals surface area (Å²) in [5.41, 5.74) is 10.3. The van der Waals surface area contributed by atoms with E-state index in [0.29, 0.717) is 0 Å². The van der Waals surface area contributed by atoms with Gasteiger partial charge in [-0.1, -0.05) is 121 Å². The van der Waals surface area contributed by atoms with Gasteiger partial charge in [0.15, 0.2) is 0 Å². The number of hydrogen-bond donors (Lipinski definition) is 0. The third-order valence-electron chi connectivity index (χ3n) is 8.66. The Morgan fingerprint density at radius 1 is 0.452 bits per heavy atom. The highest BCUT2D eigenvalue weighted by atomic mass is 14.6. The zero-order valence-corrected chi connectivity index (χ0v) is 23.3. The standard InChI is InChI=1S/C41H29N/c1-2-11-29(12-3-1)32-19-9-21-34-33(32)20-10-22-35(34)41-38-17-6-4-15-36(38)40(37-16-5-7-18-39(37)41)31-14-8-13-30(27-31)28-23-25-42-26-24-28/h1-9,11-21,23-27H,10,22H2. The Hall–Kier alpha value is -5.27. The van der Waals surface area contributed by atoms with Crippen LogP contribution in [-0.2, 0) is 0 Å². The first kappa shape index (κ1) is 24.5. The highest BCUT2D eigenvalue weighted by molar-refractivity contribution is 6.19. The van der Waals surface area contributed by atoms with Crippen LogP contribution < -0.4 is 10.4 Å². The Labute approximate surface area is 245 Å². The maximum Gasteiger partial charge on any atom is 0.0273 e. The lowest BCUT2D eigenvalue weighted by Gasteiger charge is -2.21.